The third-order valence-electron chi connectivity index (χ3n) is 5.79. The Bertz CT molecular complexity index is 693. The summed E-state index contributed by atoms with van der Waals surface area (Å²) in [6.07, 6.45) is 5.61. The van der Waals surface area contributed by atoms with Crippen LogP contribution in [0.1, 0.15) is 56.8 Å². The maximum absolute atomic E-state index is 12.3. The van der Waals surface area contributed by atoms with E-state index >= 15 is 0 Å². The Morgan fingerprint density at radius 2 is 1.64 bits per heavy atom. The molecule has 0 aromatic carbocycles. The lowest BCUT2D eigenvalue weighted by molar-refractivity contribution is 0.00663. The lowest BCUT2D eigenvalue weighted by Crippen LogP contribution is -2.49. The Morgan fingerprint density at radius 1 is 1.04 bits per heavy atom. The van der Waals surface area contributed by atoms with Gasteiger partial charge in [0.2, 0.25) is 0 Å². The molecule has 154 valence electrons. The highest BCUT2D eigenvalue weighted by Gasteiger charge is 2.39. The average molecular weight is 389 g/mol. The second kappa shape index (κ2) is 7.97. The third-order valence-corrected chi connectivity index (χ3v) is 5.79. The van der Waals surface area contributed by atoms with Crippen molar-refractivity contribution in [2.75, 3.05) is 38.2 Å². The summed E-state index contributed by atoms with van der Waals surface area (Å²) in [5, 5.41) is 0. The summed E-state index contributed by atoms with van der Waals surface area (Å²) < 4.78 is 10.2. The van der Waals surface area contributed by atoms with Crippen LogP contribution >= 0.6 is 0 Å². The first-order chi connectivity index (χ1) is 13.2. The van der Waals surface area contributed by atoms with E-state index in [1.54, 1.807) is 12.3 Å². The molecular weight excluding hydrogens is 358 g/mol. The fourth-order valence-corrected chi connectivity index (χ4v) is 4.01. The number of likely N-dealkylation sites (tertiary alicyclic amines) is 1. The zero-order valence-corrected chi connectivity index (χ0v) is 17.4. The predicted molar refractivity (Wildman–Crippen MR) is 106 cm³/mol. The fourth-order valence-electron chi connectivity index (χ4n) is 4.01. The summed E-state index contributed by atoms with van der Waals surface area (Å²) in [5.74, 6) is 0.530. The van der Waals surface area contributed by atoms with Crippen LogP contribution in [-0.2, 0) is 9.47 Å². The van der Waals surface area contributed by atoms with Crippen molar-refractivity contribution in [1.29, 1.82) is 0 Å². The molecular formula is C21H31N3O4. The van der Waals surface area contributed by atoms with Gasteiger partial charge in [-0.15, -0.1) is 0 Å². The number of piperidine rings is 2. The largest absolute Gasteiger partial charge is 0.465 e. The number of methoxy groups -OCH3 is 1. The van der Waals surface area contributed by atoms with Gasteiger partial charge in [0.15, 0.2) is 0 Å². The van der Waals surface area contributed by atoms with E-state index in [4.69, 9.17) is 9.47 Å². The highest BCUT2D eigenvalue weighted by Crippen LogP contribution is 2.42. The number of pyridine rings is 1. The molecule has 2 fully saturated rings. The van der Waals surface area contributed by atoms with Gasteiger partial charge >= 0.3 is 12.1 Å². The molecule has 0 aliphatic carbocycles. The Hall–Kier alpha value is -2.31. The molecule has 1 aromatic heterocycles. The first-order valence-electron chi connectivity index (χ1n) is 9.99. The van der Waals surface area contributed by atoms with E-state index in [1.807, 2.05) is 31.7 Å². The molecule has 0 bridgehead atoms. The van der Waals surface area contributed by atoms with Crippen LogP contribution in [0.2, 0.25) is 0 Å². The van der Waals surface area contributed by atoms with Crippen molar-refractivity contribution in [1.82, 2.24) is 9.88 Å². The molecule has 1 amide bonds. The summed E-state index contributed by atoms with van der Waals surface area (Å²) >= 11 is 0. The second-order valence-electron chi connectivity index (χ2n) is 8.85. The van der Waals surface area contributed by atoms with Crippen LogP contribution in [0.15, 0.2) is 18.3 Å². The molecule has 1 aromatic rings. The van der Waals surface area contributed by atoms with Gasteiger partial charge in [-0.3, -0.25) is 0 Å². The maximum atomic E-state index is 12.3. The van der Waals surface area contributed by atoms with Crippen LogP contribution in [-0.4, -0.2) is 60.8 Å². The number of anilines is 1. The van der Waals surface area contributed by atoms with Crippen LogP contribution in [0.4, 0.5) is 10.6 Å². The van der Waals surface area contributed by atoms with Gasteiger partial charge in [0.1, 0.15) is 11.4 Å². The summed E-state index contributed by atoms with van der Waals surface area (Å²) in [6.45, 7) is 9.11. The fraction of sp³-hybridized carbons (Fsp3) is 0.667. The van der Waals surface area contributed by atoms with E-state index in [2.05, 4.69) is 9.88 Å². The van der Waals surface area contributed by atoms with Gasteiger partial charge in [-0.25, -0.2) is 14.6 Å². The number of aromatic nitrogens is 1. The van der Waals surface area contributed by atoms with Gasteiger partial charge in [-0.2, -0.15) is 0 Å². The number of hydrogen-bond acceptors (Lipinski definition) is 6. The lowest BCUT2D eigenvalue weighted by Gasteiger charge is -2.47. The van der Waals surface area contributed by atoms with Gasteiger partial charge in [-0.05, 0) is 64.0 Å². The average Bonchev–Trinajstić information content (AvgIpc) is 2.67. The van der Waals surface area contributed by atoms with Crippen LogP contribution in [0.3, 0.4) is 0 Å². The van der Waals surface area contributed by atoms with Gasteiger partial charge < -0.3 is 19.3 Å². The predicted octanol–water partition coefficient (Wildman–Crippen LogP) is 3.49. The van der Waals surface area contributed by atoms with Gasteiger partial charge in [0.05, 0.1) is 12.7 Å². The van der Waals surface area contributed by atoms with Crippen LogP contribution < -0.4 is 4.90 Å². The molecule has 0 radical (unpaired) electrons. The van der Waals surface area contributed by atoms with E-state index in [0.717, 1.165) is 57.7 Å². The molecule has 3 rings (SSSR count). The molecule has 7 nitrogen and oxygen atoms in total. The SMILES string of the molecule is COC(=O)c1ccc(N2CCC3(CCN(C(=O)OC(C)(C)C)CC3)CC2)nc1. The molecule has 2 aliphatic heterocycles. The standard InChI is InChI=1S/C21H31N3O4/c1-20(2,3)28-19(26)24-13-9-21(10-14-24)7-11-23(12-8-21)17-6-5-16(15-22-17)18(25)27-4/h5-6,15H,7-14H2,1-4H3. The minimum atomic E-state index is -0.450. The van der Waals surface area contributed by atoms with Crippen LogP contribution in [0.5, 0.6) is 0 Å². The van der Waals surface area contributed by atoms with Crippen LogP contribution in [0, 0.1) is 5.41 Å². The first kappa shape index (κ1) is 20.4. The quantitative estimate of drug-likeness (QED) is 0.721. The Balaban J connectivity index is 1.52. The molecule has 2 saturated heterocycles. The highest BCUT2D eigenvalue weighted by molar-refractivity contribution is 5.89. The second-order valence-corrected chi connectivity index (χ2v) is 8.85. The zero-order chi connectivity index (χ0) is 20.4. The molecule has 2 aliphatic rings. The monoisotopic (exact) mass is 389 g/mol. The molecule has 7 heteroatoms. The normalized spacial score (nSPS) is 19.4. The third kappa shape index (κ3) is 4.75. The number of carbonyl (C=O) groups excluding carboxylic acids is 2. The van der Waals surface area contributed by atoms with E-state index < -0.39 is 5.60 Å². The number of carbonyl (C=O) groups is 2. The summed E-state index contributed by atoms with van der Waals surface area (Å²) in [5.41, 5.74) is 0.323. The molecule has 28 heavy (non-hydrogen) atoms. The highest BCUT2D eigenvalue weighted by atomic mass is 16.6. The van der Waals surface area contributed by atoms with Crippen LogP contribution in [0.25, 0.3) is 0 Å². The van der Waals surface area contributed by atoms with Gasteiger partial charge in [0.25, 0.3) is 0 Å². The molecule has 0 N–H and O–H groups in total. The summed E-state index contributed by atoms with van der Waals surface area (Å²) in [4.78, 5) is 32.4. The molecule has 0 saturated carbocycles. The Kier molecular flexibility index (Phi) is 5.82. The van der Waals surface area contributed by atoms with Crippen molar-refractivity contribution in [2.45, 2.75) is 52.1 Å². The number of amides is 1. The number of rotatable bonds is 2. The van der Waals surface area contributed by atoms with Crippen molar-refractivity contribution >= 4 is 17.9 Å². The summed E-state index contributed by atoms with van der Waals surface area (Å²) in [7, 11) is 1.37. The van der Waals surface area contributed by atoms with E-state index in [9.17, 15) is 9.59 Å². The van der Waals surface area contributed by atoms with Crippen molar-refractivity contribution in [3.05, 3.63) is 23.9 Å². The van der Waals surface area contributed by atoms with Gasteiger partial charge in [0, 0.05) is 32.4 Å². The Morgan fingerprint density at radius 3 is 2.14 bits per heavy atom. The first-order valence-corrected chi connectivity index (χ1v) is 9.99. The summed E-state index contributed by atoms with van der Waals surface area (Å²) in [6, 6.07) is 3.65. The van der Waals surface area contributed by atoms with Crippen molar-refractivity contribution < 1.29 is 19.1 Å². The lowest BCUT2D eigenvalue weighted by atomic mass is 9.71. The number of nitrogens with zero attached hydrogens (tertiary/aromatic N) is 3. The molecule has 0 unspecified atom stereocenters. The van der Waals surface area contributed by atoms with E-state index in [-0.39, 0.29) is 12.1 Å². The minimum Gasteiger partial charge on any atom is -0.465 e. The smallest absolute Gasteiger partial charge is 0.410 e. The van der Waals surface area contributed by atoms with E-state index in [0.29, 0.717) is 11.0 Å². The van der Waals surface area contributed by atoms with Crippen molar-refractivity contribution in [3.8, 4) is 0 Å². The van der Waals surface area contributed by atoms with Gasteiger partial charge in [-0.1, -0.05) is 0 Å². The number of ether oxygens (including phenoxy) is 2. The minimum absolute atomic E-state index is 0.199. The molecule has 0 atom stereocenters. The number of esters is 1. The zero-order valence-electron chi connectivity index (χ0n) is 17.4. The topological polar surface area (TPSA) is 72.0 Å². The van der Waals surface area contributed by atoms with Crippen molar-refractivity contribution in [3.63, 3.8) is 0 Å². The van der Waals surface area contributed by atoms with Crippen molar-refractivity contribution in [2.24, 2.45) is 5.41 Å². The van der Waals surface area contributed by atoms with E-state index in [1.165, 1.54) is 7.11 Å². The Labute approximate surface area is 167 Å². The maximum Gasteiger partial charge on any atom is 0.410 e. The molecule has 1 spiro atoms. The number of hydrogen-bond donors (Lipinski definition) is 0. The molecule has 3 heterocycles.